The number of benzene rings is 1. The van der Waals surface area contributed by atoms with Crippen LogP contribution in [0.3, 0.4) is 0 Å². The summed E-state index contributed by atoms with van der Waals surface area (Å²) in [6.07, 6.45) is 3.25. The number of aryl methyl sites for hydroxylation is 1. The van der Waals surface area contributed by atoms with Crippen molar-refractivity contribution in [2.24, 2.45) is 5.92 Å². The van der Waals surface area contributed by atoms with Gasteiger partial charge in [-0.05, 0) is 43.7 Å². The maximum absolute atomic E-state index is 12.4. The van der Waals surface area contributed by atoms with Crippen molar-refractivity contribution in [3.8, 4) is 0 Å². The molecule has 0 bridgehead atoms. The van der Waals surface area contributed by atoms with E-state index in [4.69, 9.17) is 0 Å². The molecule has 0 atom stereocenters. The Bertz CT molecular complexity index is 538. The third kappa shape index (κ3) is 3.97. The number of nitrogens with zero attached hydrogens (tertiary/aromatic N) is 1. The molecule has 114 valence electrons. The first-order chi connectivity index (χ1) is 10.0. The third-order valence-electron chi connectivity index (χ3n) is 3.69. The highest BCUT2D eigenvalue weighted by Crippen LogP contribution is 2.30. The molecule has 1 aliphatic rings. The summed E-state index contributed by atoms with van der Waals surface area (Å²) < 4.78 is 0. The van der Waals surface area contributed by atoms with Gasteiger partial charge in [-0.2, -0.15) is 0 Å². The van der Waals surface area contributed by atoms with Gasteiger partial charge in [0, 0.05) is 13.1 Å². The average Bonchev–Trinajstić information content (AvgIpc) is 3.24. The molecule has 1 aliphatic carbocycles. The van der Waals surface area contributed by atoms with E-state index in [-0.39, 0.29) is 11.6 Å². The molecule has 2 rings (SSSR count). The molecule has 5 heteroatoms. The zero-order chi connectivity index (χ0) is 15.4. The van der Waals surface area contributed by atoms with E-state index in [9.17, 15) is 14.7 Å². The van der Waals surface area contributed by atoms with Crippen LogP contribution in [0.1, 0.15) is 42.1 Å². The van der Waals surface area contributed by atoms with Crippen molar-refractivity contribution in [2.45, 2.75) is 33.1 Å². The molecule has 1 aromatic rings. The van der Waals surface area contributed by atoms with E-state index >= 15 is 0 Å². The van der Waals surface area contributed by atoms with Gasteiger partial charge in [0.05, 0.1) is 11.3 Å². The number of carboxylic acids is 1. The van der Waals surface area contributed by atoms with Crippen LogP contribution >= 0.6 is 0 Å². The van der Waals surface area contributed by atoms with Gasteiger partial charge in [0.1, 0.15) is 0 Å². The molecule has 21 heavy (non-hydrogen) atoms. The fourth-order valence-corrected chi connectivity index (χ4v) is 2.36. The summed E-state index contributed by atoms with van der Waals surface area (Å²) >= 11 is 0. The maximum Gasteiger partial charge on any atom is 0.337 e. The minimum atomic E-state index is -1.03. The number of para-hydroxylation sites is 1. The predicted molar refractivity (Wildman–Crippen MR) is 81.7 cm³/mol. The number of nitrogens with one attached hydrogen (secondary N) is 1. The molecule has 0 radical (unpaired) electrons. The molecule has 2 amide bonds. The molecule has 5 nitrogen and oxygen atoms in total. The Morgan fingerprint density at radius 1 is 1.38 bits per heavy atom. The van der Waals surface area contributed by atoms with Gasteiger partial charge in [-0.25, -0.2) is 9.59 Å². The number of hydrogen-bond acceptors (Lipinski definition) is 2. The standard InChI is InChI=1S/C16H22N2O3/c1-3-9-18(10-12-7-8-12)16(21)17-14-11(2)5-4-6-13(14)15(19)20/h4-6,12H,3,7-10H2,1-2H3,(H,17,21)(H,19,20). The number of hydrogen-bond donors (Lipinski definition) is 2. The molecule has 1 aromatic carbocycles. The van der Waals surface area contributed by atoms with Gasteiger partial charge in [0.15, 0.2) is 0 Å². The second-order valence-corrected chi connectivity index (χ2v) is 5.62. The summed E-state index contributed by atoms with van der Waals surface area (Å²) in [5.41, 5.74) is 1.28. The topological polar surface area (TPSA) is 69.6 Å². The molecule has 0 saturated heterocycles. The van der Waals surface area contributed by atoms with Gasteiger partial charge in [-0.3, -0.25) is 0 Å². The second-order valence-electron chi connectivity index (χ2n) is 5.62. The lowest BCUT2D eigenvalue weighted by atomic mass is 10.1. The maximum atomic E-state index is 12.4. The minimum absolute atomic E-state index is 0.131. The van der Waals surface area contributed by atoms with Gasteiger partial charge in [-0.15, -0.1) is 0 Å². The highest BCUT2D eigenvalue weighted by Gasteiger charge is 2.27. The van der Waals surface area contributed by atoms with Crippen LogP contribution in [0, 0.1) is 12.8 Å². The summed E-state index contributed by atoms with van der Waals surface area (Å²) in [5, 5.41) is 12.0. The Kier molecular flexibility index (Phi) is 4.83. The lowest BCUT2D eigenvalue weighted by molar-refractivity contribution is 0.0698. The lowest BCUT2D eigenvalue weighted by Crippen LogP contribution is -2.37. The SMILES string of the molecule is CCCN(CC1CC1)C(=O)Nc1c(C)cccc1C(=O)O. The number of carboxylic acid groups (broad SMARTS) is 1. The fourth-order valence-electron chi connectivity index (χ4n) is 2.36. The minimum Gasteiger partial charge on any atom is -0.478 e. The number of amides is 2. The summed E-state index contributed by atoms with van der Waals surface area (Å²) in [7, 11) is 0. The van der Waals surface area contributed by atoms with Crippen molar-refractivity contribution in [1.82, 2.24) is 4.90 Å². The van der Waals surface area contributed by atoms with Gasteiger partial charge in [-0.1, -0.05) is 19.1 Å². The van der Waals surface area contributed by atoms with Crippen LogP contribution in [0.4, 0.5) is 10.5 Å². The molecule has 1 fully saturated rings. The Morgan fingerprint density at radius 3 is 2.67 bits per heavy atom. The highest BCUT2D eigenvalue weighted by atomic mass is 16.4. The van der Waals surface area contributed by atoms with Crippen molar-refractivity contribution in [3.63, 3.8) is 0 Å². The first kappa shape index (κ1) is 15.4. The Balaban J connectivity index is 2.15. The Labute approximate surface area is 125 Å². The first-order valence-electron chi connectivity index (χ1n) is 7.41. The fraction of sp³-hybridized carbons (Fsp3) is 0.500. The monoisotopic (exact) mass is 290 g/mol. The number of carbonyl (C=O) groups excluding carboxylic acids is 1. The molecule has 0 spiro atoms. The van der Waals surface area contributed by atoms with Crippen LogP contribution in [0.25, 0.3) is 0 Å². The number of aromatic carboxylic acids is 1. The van der Waals surface area contributed by atoms with E-state index in [1.165, 1.54) is 18.9 Å². The first-order valence-corrected chi connectivity index (χ1v) is 7.41. The largest absolute Gasteiger partial charge is 0.478 e. The smallest absolute Gasteiger partial charge is 0.337 e. The summed E-state index contributed by atoms with van der Waals surface area (Å²) in [6.45, 7) is 5.28. The zero-order valence-electron chi connectivity index (χ0n) is 12.6. The highest BCUT2D eigenvalue weighted by molar-refractivity contribution is 6.01. The molecule has 0 unspecified atom stereocenters. The summed E-state index contributed by atoms with van der Waals surface area (Å²) in [4.78, 5) is 25.5. The summed E-state index contributed by atoms with van der Waals surface area (Å²) in [5.74, 6) is -0.420. The summed E-state index contributed by atoms with van der Waals surface area (Å²) in [6, 6.07) is 4.78. The van der Waals surface area contributed by atoms with E-state index in [1.807, 2.05) is 6.92 Å². The van der Waals surface area contributed by atoms with E-state index in [1.54, 1.807) is 24.0 Å². The molecular formula is C16H22N2O3. The lowest BCUT2D eigenvalue weighted by Gasteiger charge is -2.23. The third-order valence-corrected chi connectivity index (χ3v) is 3.69. The van der Waals surface area contributed by atoms with E-state index < -0.39 is 5.97 Å². The second kappa shape index (κ2) is 6.61. The number of carbonyl (C=O) groups is 2. The van der Waals surface area contributed by atoms with Gasteiger partial charge in [0.2, 0.25) is 0 Å². The quantitative estimate of drug-likeness (QED) is 0.844. The average molecular weight is 290 g/mol. The van der Waals surface area contributed by atoms with Crippen LogP contribution in [0.2, 0.25) is 0 Å². The number of rotatable bonds is 6. The van der Waals surface area contributed by atoms with Gasteiger partial charge in [0.25, 0.3) is 0 Å². The van der Waals surface area contributed by atoms with Crippen molar-refractivity contribution in [3.05, 3.63) is 29.3 Å². The molecule has 2 N–H and O–H groups in total. The van der Waals surface area contributed by atoms with Crippen molar-refractivity contribution in [2.75, 3.05) is 18.4 Å². The van der Waals surface area contributed by atoms with Crippen molar-refractivity contribution < 1.29 is 14.7 Å². The molecule has 1 saturated carbocycles. The van der Waals surface area contributed by atoms with Crippen LogP contribution in [-0.4, -0.2) is 35.1 Å². The van der Waals surface area contributed by atoms with Gasteiger partial charge >= 0.3 is 12.0 Å². The predicted octanol–water partition coefficient (Wildman–Crippen LogP) is 3.35. The normalized spacial score (nSPS) is 13.8. The number of anilines is 1. The molecular weight excluding hydrogens is 268 g/mol. The van der Waals surface area contributed by atoms with Crippen LogP contribution in [-0.2, 0) is 0 Å². The van der Waals surface area contributed by atoms with E-state index in [0.717, 1.165) is 18.5 Å². The van der Waals surface area contributed by atoms with Crippen molar-refractivity contribution in [1.29, 1.82) is 0 Å². The van der Waals surface area contributed by atoms with E-state index in [0.29, 0.717) is 18.2 Å². The Hall–Kier alpha value is -2.04. The Morgan fingerprint density at radius 2 is 2.10 bits per heavy atom. The number of urea groups is 1. The van der Waals surface area contributed by atoms with Crippen LogP contribution in [0.5, 0.6) is 0 Å². The molecule has 0 aromatic heterocycles. The van der Waals surface area contributed by atoms with E-state index in [2.05, 4.69) is 5.32 Å². The zero-order valence-corrected chi connectivity index (χ0v) is 12.6. The molecule has 0 heterocycles. The molecule has 0 aliphatic heterocycles. The van der Waals surface area contributed by atoms with Gasteiger partial charge < -0.3 is 15.3 Å². The van der Waals surface area contributed by atoms with Crippen molar-refractivity contribution >= 4 is 17.7 Å². The van der Waals surface area contributed by atoms with Crippen LogP contribution in [0.15, 0.2) is 18.2 Å². The van der Waals surface area contributed by atoms with Crippen LogP contribution < -0.4 is 5.32 Å².